The summed E-state index contributed by atoms with van der Waals surface area (Å²) in [5, 5.41) is 2.60. The minimum Gasteiger partial charge on any atom is -0.489 e. The summed E-state index contributed by atoms with van der Waals surface area (Å²) < 4.78 is 5.94. The summed E-state index contributed by atoms with van der Waals surface area (Å²) in [7, 11) is 1.59. The third kappa shape index (κ3) is 3.72. The highest BCUT2D eigenvalue weighted by Gasteiger charge is 2.24. The Kier molecular flexibility index (Phi) is 5.16. The molecular weight excluding hydrogens is 270 g/mol. The lowest BCUT2D eigenvalue weighted by molar-refractivity contribution is -0.131. The predicted molar refractivity (Wildman–Crippen MR) is 79.1 cm³/mol. The molecule has 1 aromatic rings. The minimum absolute atomic E-state index is 0.0117. The van der Waals surface area contributed by atoms with Gasteiger partial charge in [-0.3, -0.25) is 9.59 Å². The van der Waals surface area contributed by atoms with Gasteiger partial charge in [-0.05, 0) is 12.1 Å². The van der Waals surface area contributed by atoms with Crippen molar-refractivity contribution in [2.75, 3.05) is 26.7 Å². The zero-order valence-electron chi connectivity index (χ0n) is 12.2. The second-order valence-corrected chi connectivity index (χ2v) is 4.98. The molecule has 6 nitrogen and oxygen atoms in total. The van der Waals surface area contributed by atoms with Crippen LogP contribution in [0.15, 0.2) is 24.3 Å². The van der Waals surface area contributed by atoms with Crippen LogP contribution in [0.2, 0.25) is 0 Å². The molecule has 1 aliphatic heterocycles. The van der Waals surface area contributed by atoms with Crippen molar-refractivity contribution in [3.63, 3.8) is 0 Å². The zero-order chi connectivity index (χ0) is 15.2. The highest BCUT2D eigenvalue weighted by Crippen LogP contribution is 2.23. The molecule has 1 aromatic carbocycles. The number of likely N-dealkylation sites (tertiary alicyclic amines) is 1. The molecule has 1 fully saturated rings. The Labute approximate surface area is 124 Å². The molecular formula is C15H21N3O3. The summed E-state index contributed by atoms with van der Waals surface area (Å²) >= 11 is 0. The fraction of sp³-hybridized carbons (Fsp3) is 0.467. The maximum Gasteiger partial charge on any atom is 0.254 e. The maximum absolute atomic E-state index is 11.8. The Balaban J connectivity index is 1.98. The van der Waals surface area contributed by atoms with Crippen LogP contribution in [0.4, 0.5) is 0 Å². The van der Waals surface area contributed by atoms with Crippen molar-refractivity contribution >= 4 is 11.8 Å². The molecule has 21 heavy (non-hydrogen) atoms. The van der Waals surface area contributed by atoms with Gasteiger partial charge in [0.05, 0.1) is 12.1 Å². The lowest BCUT2D eigenvalue weighted by Crippen LogP contribution is -2.44. The summed E-state index contributed by atoms with van der Waals surface area (Å²) in [4.78, 5) is 25.1. The van der Waals surface area contributed by atoms with Crippen LogP contribution in [0.3, 0.4) is 0 Å². The minimum atomic E-state index is -0.165. The third-order valence-corrected chi connectivity index (χ3v) is 3.62. The molecule has 1 aliphatic rings. The molecule has 6 heteroatoms. The van der Waals surface area contributed by atoms with Crippen molar-refractivity contribution < 1.29 is 14.3 Å². The highest BCUT2D eigenvalue weighted by molar-refractivity contribution is 5.96. The summed E-state index contributed by atoms with van der Waals surface area (Å²) in [6.07, 6.45) is 1.50. The van der Waals surface area contributed by atoms with Crippen molar-refractivity contribution in [2.24, 2.45) is 5.73 Å². The number of carbonyl (C=O) groups excluding carboxylic acids is 2. The number of hydrogen-bond acceptors (Lipinski definition) is 4. The second kappa shape index (κ2) is 7.08. The first kappa shape index (κ1) is 15.3. The molecule has 0 spiro atoms. The van der Waals surface area contributed by atoms with Gasteiger partial charge in [0, 0.05) is 33.0 Å². The number of nitrogens with zero attached hydrogens (tertiary/aromatic N) is 1. The van der Waals surface area contributed by atoms with Crippen LogP contribution >= 0.6 is 0 Å². The van der Waals surface area contributed by atoms with E-state index in [9.17, 15) is 9.59 Å². The fourth-order valence-corrected chi connectivity index (χ4v) is 2.42. The number of nitrogens with one attached hydrogen (secondary N) is 1. The Hall–Kier alpha value is -2.08. The van der Waals surface area contributed by atoms with Gasteiger partial charge >= 0.3 is 0 Å². The topological polar surface area (TPSA) is 84.7 Å². The van der Waals surface area contributed by atoms with Gasteiger partial charge < -0.3 is 20.7 Å². The molecule has 2 rings (SSSR count). The number of hydrogen-bond donors (Lipinski definition) is 2. The van der Waals surface area contributed by atoms with Crippen LogP contribution in [-0.4, -0.2) is 49.5 Å². The lowest BCUT2D eigenvalue weighted by atomic mass is 10.1. The number of ether oxygens (including phenoxy) is 1. The molecule has 0 aromatic heterocycles. The van der Waals surface area contributed by atoms with Crippen molar-refractivity contribution in [3.05, 3.63) is 29.8 Å². The van der Waals surface area contributed by atoms with Crippen LogP contribution < -0.4 is 15.8 Å². The van der Waals surface area contributed by atoms with E-state index in [1.807, 2.05) is 6.07 Å². The van der Waals surface area contributed by atoms with Gasteiger partial charge in [0.1, 0.15) is 11.9 Å². The van der Waals surface area contributed by atoms with E-state index >= 15 is 0 Å². The van der Waals surface area contributed by atoms with E-state index in [0.717, 1.165) is 12.8 Å². The van der Waals surface area contributed by atoms with Crippen LogP contribution in [0.25, 0.3) is 0 Å². The Bertz CT molecular complexity index is 511. The van der Waals surface area contributed by atoms with Crippen molar-refractivity contribution in [3.8, 4) is 5.75 Å². The number of para-hydroxylation sites is 1. The maximum atomic E-state index is 11.8. The molecule has 0 saturated carbocycles. The molecule has 2 amide bonds. The molecule has 0 bridgehead atoms. The van der Waals surface area contributed by atoms with Crippen LogP contribution in [0.1, 0.15) is 23.2 Å². The molecule has 114 valence electrons. The fourth-order valence-electron chi connectivity index (χ4n) is 2.42. The Morgan fingerprint density at radius 2 is 2.00 bits per heavy atom. The Morgan fingerprint density at radius 3 is 2.62 bits per heavy atom. The van der Waals surface area contributed by atoms with E-state index in [2.05, 4.69) is 5.32 Å². The standard InChI is InChI=1S/C15H21N3O3/c1-17-15(20)12-4-2-3-5-13(12)21-11-6-8-18(9-7-11)14(19)10-16/h2-5,11H,6-10,16H2,1H3,(H,17,20). The first-order valence-corrected chi connectivity index (χ1v) is 7.11. The van der Waals surface area contributed by atoms with Gasteiger partial charge in [0.2, 0.25) is 5.91 Å². The van der Waals surface area contributed by atoms with E-state index in [1.54, 1.807) is 30.1 Å². The second-order valence-electron chi connectivity index (χ2n) is 4.98. The Morgan fingerprint density at radius 1 is 1.33 bits per heavy atom. The summed E-state index contributed by atoms with van der Waals surface area (Å²) in [6, 6.07) is 7.18. The van der Waals surface area contributed by atoms with E-state index in [0.29, 0.717) is 24.4 Å². The third-order valence-electron chi connectivity index (χ3n) is 3.62. The smallest absolute Gasteiger partial charge is 0.254 e. The normalized spacial score (nSPS) is 15.6. The summed E-state index contributed by atoms with van der Waals surface area (Å²) in [5.74, 6) is 0.390. The monoisotopic (exact) mass is 291 g/mol. The first-order chi connectivity index (χ1) is 10.2. The van der Waals surface area contributed by atoms with Crippen molar-refractivity contribution in [1.82, 2.24) is 10.2 Å². The molecule has 0 aliphatic carbocycles. The average Bonchev–Trinajstić information content (AvgIpc) is 2.54. The van der Waals surface area contributed by atoms with E-state index < -0.39 is 0 Å². The molecule has 0 radical (unpaired) electrons. The predicted octanol–water partition coefficient (Wildman–Crippen LogP) is 0.375. The quantitative estimate of drug-likeness (QED) is 0.839. The van der Waals surface area contributed by atoms with Crippen LogP contribution in [0.5, 0.6) is 5.75 Å². The van der Waals surface area contributed by atoms with Gasteiger partial charge in [-0.2, -0.15) is 0 Å². The number of amides is 2. The van der Waals surface area contributed by atoms with Gasteiger partial charge in [0.15, 0.2) is 0 Å². The largest absolute Gasteiger partial charge is 0.489 e. The molecule has 0 unspecified atom stereocenters. The van der Waals surface area contributed by atoms with Crippen LogP contribution in [0, 0.1) is 0 Å². The van der Waals surface area contributed by atoms with Gasteiger partial charge in [-0.15, -0.1) is 0 Å². The average molecular weight is 291 g/mol. The number of nitrogens with two attached hydrogens (primary N) is 1. The van der Waals surface area contributed by atoms with Crippen molar-refractivity contribution in [1.29, 1.82) is 0 Å². The van der Waals surface area contributed by atoms with Gasteiger partial charge in [-0.1, -0.05) is 12.1 Å². The van der Waals surface area contributed by atoms with E-state index in [4.69, 9.17) is 10.5 Å². The number of benzene rings is 1. The number of piperidine rings is 1. The van der Waals surface area contributed by atoms with Gasteiger partial charge in [0.25, 0.3) is 5.91 Å². The van der Waals surface area contributed by atoms with E-state index in [1.165, 1.54) is 0 Å². The van der Waals surface area contributed by atoms with Crippen molar-refractivity contribution in [2.45, 2.75) is 18.9 Å². The summed E-state index contributed by atoms with van der Waals surface area (Å²) in [6.45, 7) is 1.33. The number of rotatable bonds is 4. The number of carbonyl (C=O) groups is 2. The molecule has 1 heterocycles. The van der Waals surface area contributed by atoms with E-state index in [-0.39, 0.29) is 24.5 Å². The summed E-state index contributed by atoms with van der Waals surface area (Å²) in [5.41, 5.74) is 5.89. The first-order valence-electron chi connectivity index (χ1n) is 7.11. The SMILES string of the molecule is CNC(=O)c1ccccc1OC1CCN(C(=O)CN)CC1. The van der Waals surface area contributed by atoms with Gasteiger partial charge in [-0.25, -0.2) is 0 Å². The molecule has 1 saturated heterocycles. The zero-order valence-corrected chi connectivity index (χ0v) is 12.2. The van der Waals surface area contributed by atoms with Crippen LogP contribution in [-0.2, 0) is 4.79 Å². The molecule has 3 N–H and O–H groups in total. The highest BCUT2D eigenvalue weighted by atomic mass is 16.5. The molecule has 0 atom stereocenters. The lowest BCUT2D eigenvalue weighted by Gasteiger charge is -2.32.